The molecule has 4 nitrogen and oxygen atoms in total. The quantitative estimate of drug-likeness (QED) is 0.789. The first kappa shape index (κ1) is 16.1. The Labute approximate surface area is 134 Å². The van der Waals surface area contributed by atoms with E-state index in [-0.39, 0.29) is 10.8 Å². The Balaban J connectivity index is 2.00. The monoisotopic (exact) mass is 395 g/mol. The van der Waals surface area contributed by atoms with Crippen LogP contribution in [0.25, 0.3) is 0 Å². The van der Waals surface area contributed by atoms with Gasteiger partial charge in [-0.1, -0.05) is 0 Å². The molecule has 110 valence electrons. The molecule has 0 aliphatic heterocycles. The zero-order chi connectivity index (χ0) is 14.8. The molecule has 1 atom stereocenters. The standard InChI is InChI=1S/C12H14BrNO3S3/c1-12(15,6-9-4-5-18-7-9)8-14-20(16,17)11-3-2-10(13)19-11/h2-5,7,14-15H,6,8H2,1H3. The summed E-state index contributed by atoms with van der Waals surface area (Å²) in [5.74, 6) is 0. The number of halogens is 1. The van der Waals surface area contributed by atoms with Crippen LogP contribution in [0.1, 0.15) is 12.5 Å². The molecule has 0 spiro atoms. The molecule has 20 heavy (non-hydrogen) atoms. The number of nitrogens with one attached hydrogen (secondary N) is 1. The van der Waals surface area contributed by atoms with Gasteiger partial charge in [0.25, 0.3) is 0 Å². The lowest BCUT2D eigenvalue weighted by atomic mass is 9.99. The van der Waals surface area contributed by atoms with Crippen LogP contribution in [0.5, 0.6) is 0 Å². The minimum Gasteiger partial charge on any atom is -0.388 e. The van der Waals surface area contributed by atoms with E-state index in [1.165, 1.54) is 6.07 Å². The second-order valence-electron chi connectivity index (χ2n) is 4.69. The van der Waals surface area contributed by atoms with Gasteiger partial charge in [0.1, 0.15) is 4.21 Å². The summed E-state index contributed by atoms with van der Waals surface area (Å²) >= 11 is 5.92. The molecule has 0 aromatic carbocycles. The van der Waals surface area contributed by atoms with Crippen molar-refractivity contribution in [2.75, 3.05) is 6.54 Å². The lowest BCUT2D eigenvalue weighted by Crippen LogP contribution is -2.41. The highest BCUT2D eigenvalue weighted by Gasteiger charge is 2.25. The van der Waals surface area contributed by atoms with Crippen molar-refractivity contribution in [3.05, 3.63) is 38.3 Å². The highest BCUT2D eigenvalue weighted by atomic mass is 79.9. The van der Waals surface area contributed by atoms with Crippen LogP contribution < -0.4 is 4.72 Å². The van der Waals surface area contributed by atoms with Gasteiger partial charge in [-0.15, -0.1) is 11.3 Å². The first-order valence-corrected chi connectivity index (χ1v) is 9.80. The van der Waals surface area contributed by atoms with Crippen molar-refractivity contribution in [1.82, 2.24) is 4.72 Å². The first-order chi connectivity index (χ1) is 9.28. The summed E-state index contributed by atoms with van der Waals surface area (Å²) in [4.78, 5) is 0. The predicted molar refractivity (Wildman–Crippen MR) is 85.9 cm³/mol. The molecule has 2 aromatic rings. The minimum atomic E-state index is -3.57. The van der Waals surface area contributed by atoms with Crippen molar-refractivity contribution >= 4 is 48.6 Å². The Hall–Kier alpha value is -0.250. The molecule has 1 unspecified atom stereocenters. The zero-order valence-electron chi connectivity index (χ0n) is 10.7. The molecule has 0 aliphatic rings. The van der Waals surface area contributed by atoms with Crippen molar-refractivity contribution < 1.29 is 13.5 Å². The van der Waals surface area contributed by atoms with Gasteiger partial charge in [0.05, 0.1) is 9.39 Å². The van der Waals surface area contributed by atoms with Gasteiger partial charge in [-0.25, -0.2) is 13.1 Å². The Morgan fingerprint density at radius 3 is 2.70 bits per heavy atom. The van der Waals surface area contributed by atoms with Crippen molar-refractivity contribution in [3.63, 3.8) is 0 Å². The van der Waals surface area contributed by atoms with Gasteiger partial charge in [0.2, 0.25) is 10.0 Å². The van der Waals surface area contributed by atoms with Gasteiger partial charge in [-0.3, -0.25) is 0 Å². The Bertz CT molecular complexity index is 662. The van der Waals surface area contributed by atoms with Crippen LogP contribution in [0.2, 0.25) is 0 Å². The Morgan fingerprint density at radius 2 is 2.15 bits per heavy atom. The Kier molecular flexibility index (Phi) is 5.04. The van der Waals surface area contributed by atoms with Gasteiger partial charge in [-0.2, -0.15) is 11.3 Å². The second-order valence-corrected chi connectivity index (χ2v) is 9.93. The summed E-state index contributed by atoms with van der Waals surface area (Å²) < 4.78 is 27.6. The summed E-state index contributed by atoms with van der Waals surface area (Å²) in [6.45, 7) is 1.60. The number of hydrogen-bond acceptors (Lipinski definition) is 5. The minimum absolute atomic E-state index is 0.0271. The molecule has 0 saturated heterocycles. The molecular weight excluding hydrogens is 382 g/mol. The third kappa shape index (κ3) is 4.37. The van der Waals surface area contributed by atoms with Crippen LogP contribution in [0, 0.1) is 0 Å². The van der Waals surface area contributed by atoms with Gasteiger partial charge in [0, 0.05) is 13.0 Å². The number of thiophene rings is 2. The molecule has 8 heteroatoms. The number of aliphatic hydroxyl groups is 1. The van der Waals surface area contributed by atoms with Gasteiger partial charge in [0.15, 0.2) is 0 Å². The fourth-order valence-electron chi connectivity index (χ4n) is 1.66. The fraction of sp³-hybridized carbons (Fsp3) is 0.333. The van der Waals surface area contributed by atoms with E-state index in [2.05, 4.69) is 20.7 Å². The molecule has 2 aromatic heterocycles. The number of sulfonamides is 1. The third-order valence-corrected chi connectivity index (χ3v) is 6.87. The molecule has 0 aliphatic carbocycles. The van der Waals surface area contributed by atoms with Crippen molar-refractivity contribution in [3.8, 4) is 0 Å². The molecule has 0 bridgehead atoms. The van der Waals surface area contributed by atoms with E-state index in [1.54, 1.807) is 24.3 Å². The lowest BCUT2D eigenvalue weighted by molar-refractivity contribution is 0.0658. The van der Waals surface area contributed by atoms with Crippen molar-refractivity contribution in [2.24, 2.45) is 0 Å². The topological polar surface area (TPSA) is 66.4 Å². The molecule has 0 amide bonds. The molecule has 2 heterocycles. The fourth-order valence-corrected chi connectivity index (χ4v) is 5.54. The lowest BCUT2D eigenvalue weighted by Gasteiger charge is -2.23. The molecule has 2 N–H and O–H groups in total. The van der Waals surface area contributed by atoms with Crippen LogP contribution in [0.3, 0.4) is 0 Å². The zero-order valence-corrected chi connectivity index (χ0v) is 14.7. The average Bonchev–Trinajstić information content (AvgIpc) is 2.98. The second kappa shape index (κ2) is 6.25. The predicted octanol–water partition coefficient (Wildman–Crippen LogP) is 2.84. The SMILES string of the molecule is CC(O)(CNS(=O)(=O)c1ccc(Br)s1)Cc1ccsc1. The normalized spacial score (nSPS) is 15.2. The van der Waals surface area contributed by atoms with Crippen molar-refractivity contribution in [1.29, 1.82) is 0 Å². The molecule has 2 rings (SSSR count). The average molecular weight is 396 g/mol. The molecular formula is C12H14BrNO3S3. The highest BCUT2D eigenvalue weighted by molar-refractivity contribution is 9.11. The van der Waals surface area contributed by atoms with Crippen LogP contribution in [-0.4, -0.2) is 25.7 Å². The summed E-state index contributed by atoms with van der Waals surface area (Å²) in [5.41, 5.74) is -0.124. The number of hydrogen-bond donors (Lipinski definition) is 2. The first-order valence-electron chi connectivity index (χ1n) is 5.77. The van der Waals surface area contributed by atoms with Gasteiger partial charge in [-0.05, 0) is 57.4 Å². The third-order valence-electron chi connectivity index (χ3n) is 2.62. The van der Waals surface area contributed by atoms with E-state index in [1.807, 2.05) is 16.8 Å². The largest absolute Gasteiger partial charge is 0.388 e. The smallest absolute Gasteiger partial charge is 0.250 e. The van der Waals surface area contributed by atoms with Crippen molar-refractivity contribution in [2.45, 2.75) is 23.2 Å². The molecule has 0 fully saturated rings. The van der Waals surface area contributed by atoms with E-state index in [4.69, 9.17) is 0 Å². The Morgan fingerprint density at radius 1 is 1.40 bits per heavy atom. The van der Waals surface area contributed by atoms with Gasteiger partial charge < -0.3 is 5.11 Å². The molecule has 0 saturated carbocycles. The molecule has 0 radical (unpaired) electrons. The maximum atomic E-state index is 12.1. The van der Waals surface area contributed by atoms with E-state index < -0.39 is 15.6 Å². The van der Waals surface area contributed by atoms with Gasteiger partial charge >= 0.3 is 0 Å². The number of rotatable bonds is 6. The van der Waals surface area contributed by atoms with Crippen LogP contribution in [-0.2, 0) is 16.4 Å². The van der Waals surface area contributed by atoms with E-state index in [9.17, 15) is 13.5 Å². The highest BCUT2D eigenvalue weighted by Crippen LogP contribution is 2.26. The maximum absolute atomic E-state index is 12.1. The van der Waals surface area contributed by atoms with Crippen LogP contribution in [0.4, 0.5) is 0 Å². The maximum Gasteiger partial charge on any atom is 0.250 e. The summed E-state index contributed by atoms with van der Waals surface area (Å²) in [7, 11) is -3.57. The van der Waals surface area contributed by atoms with Crippen LogP contribution >= 0.6 is 38.6 Å². The summed E-state index contributed by atoms with van der Waals surface area (Å²) in [6.07, 6.45) is 0.410. The summed E-state index contributed by atoms with van der Waals surface area (Å²) in [5, 5.41) is 14.1. The van der Waals surface area contributed by atoms with E-state index in [0.29, 0.717) is 6.42 Å². The van der Waals surface area contributed by atoms with E-state index in [0.717, 1.165) is 20.7 Å². The van der Waals surface area contributed by atoms with E-state index >= 15 is 0 Å². The summed E-state index contributed by atoms with van der Waals surface area (Å²) in [6, 6.07) is 5.14. The van der Waals surface area contributed by atoms with Crippen LogP contribution in [0.15, 0.2) is 37.0 Å².